The zero-order chi connectivity index (χ0) is 22.3. The standard InChI is InChI=1S/C19H26ClF2N5O2S2/c20-14-10-17(31(28,29)27-19-26-12-18(22)30-19)15(21)11-16(14)25-7-2-1-6-23-9-5-13-4-3-8-24-13/h10-13,23-25H,1-9H2,(H,26,27)/t13-/m0/s1. The minimum absolute atomic E-state index is 0.0780. The molecule has 172 valence electrons. The Morgan fingerprint density at radius 3 is 2.74 bits per heavy atom. The summed E-state index contributed by atoms with van der Waals surface area (Å²) in [4.78, 5) is 2.94. The minimum Gasteiger partial charge on any atom is -0.384 e. The summed E-state index contributed by atoms with van der Waals surface area (Å²) in [5.41, 5.74) is 0.318. The van der Waals surface area contributed by atoms with Crippen molar-refractivity contribution >= 4 is 43.8 Å². The Morgan fingerprint density at radius 1 is 1.23 bits per heavy atom. The molecular weight excluding hydrogens is 468 g/mol. The van der Waals surface area contributed by atoms with Crippen molar-refractivity contribution in [3.63, 3.8) is 0 Å². The van der Waals surface area contributed by atoms with Crippen molar-refractivity contribution in [2.75, 3.05) is 36.2 Å². The van der Waals surface area contributed by atoms with E-state index in [1.165, 1.54) is 12.8 Å². The maximum atomic E-state index is 14.5. The first kappa shape index (κ1) is 24.1. The Labute approximate surface area is 190 Å². The van der Waals surface area contributed by atoms with E-state index in [9.17, 15) is 17.2 Å². The molecule has 0 aliphatic carbocycles. The van der Waals surface area contributed by atoms with Gasteiger partial charge in [-0.1, -0.05) is 22.9 Å². The quantitative estimate of drug-likeness (QED) is 0.336. The molecule has 2 aromatic rings. The zero-order valence-corrected chi connectivity index (χ0v) is 19.3. The van der Waals surface area contributed by atoms with Crippen LogP contribution >= 0.6 is 22.9 Å². The second-order valence-electron chi connectivity index (χ2n) is 7.30. The van der Waals surface area contributed by atoms with Gasteiger partial charge in [-0.2, -0.15) is 4.39 Å². The van der Waals surface area contributed by atoms with E-state index in [-0.39, 0.29) is 10.2 Å². The van der Waals surface area contributed by atoms with Crippen LogP contribution in [0, 0.1) is 10.9 Å². The van der Waals surface area contributed by atoms with E-state index in [0.717, 1.165) is 57.2 Å². The number of hydrogen-bond acceptors (Lipinski definition) is 7. The van der Waals surface area contributed by atoms with Crippen molar-refractivity contribution in [1.82, 2.24) is 15.6 Å². The van der Waals surface area contributed by atoms with Crippen LogP contribution in [0.4, 0.5) is 19.6 Å². The lowest BCUT2D eigenvalue weighted by Gasteiger charge is -2.13. The average molecular weight is 494 g/mol. The van der Waals surface area contributed by atoms with E-state index in [4.69, 9.17) is 11.6 Å². The van der Waals surface area contributed by atoms with E-state index in [1.54, 1.807) is 0 Å². The van der Waals surface area contributed by atoms with Gasteiger partial charge in [0.2, 0.25) is 0 Å². The summed E-state index contributed by atoms with van der Waals surface area (Å²) in [6, 6.07) is 2.71. The number of hydrogen-bond donors (Lipinski definition) is 4. The summed E-state index contributed by atoms with van der Waals surface area (Å²) < 4.78 is 54.2. The molecule has 7 nitrogen and oxygen atoms in total. The van der Waals surface area contributed by atoms with Crippen molar-refractivity contribution in [2.45, 2.75) is 43.0 Å². The molecule has 12 heteroatoms. The summed E-state index contributed by atoms with van der Waals surface area (Å²) in [5.74, 6) is -0.960. The number of rotatable bonds is 12. The first-order chi connectivity index (χ1) is 14.8. The van der Waals surface area contributed by atoms with Gasteiger partial charge in [0.1, 0.15) is 10.7 Å². The Bertz CT molecular complexity index is 968. The number of sulfonamides is 1. The number of benzene rings is 1. The number of nitrogens with zero attached hydrogens (tertiary/aromatic N) is 1. The van der Waals surface area contributed by atoms with E-state index in [1.807, 2.05) is 4.72 Å². The van der Waals surface area contributed by atoms with Gasteiger partial charge < -0.3 is 16.0 Å². The molecule has 1 aromatic heterocycles. The maximum Gasteiger partial charge on any atom is 0.266 e. The second-order valence-corrected chi connectivity index (χ2v) is 10.3. The highest BCUT2D eigenvalue weighted by atomic mass is 35.5. The van der Waals surface area contributed by atoms with Gasteiger partial charge in [-0.25, -0.2) is 17.8 Å². The summed E-state index contributed by atoms with van der Waals surface area (Å²) in [6.07, 6.45) is 6.32. The molecule has 1 aliphatic heterocycles. The average Bonchev–Trinajstić information content (AvgIpc) is 3.37. The fraction of sp³-hybridized carbons (Fsp3) is 0.526. The number of thiazole rings is 1. The molecule has 0 unspecified atom stereocenters. The van der Waals surface area contributed by atoms with Crippen molar-refractivity contribution in [3.8, 4) is 0 Å². The van der Waals surface area contributed by atoms with Gasteiger partial charge in [0.15, 0.2) is 10.3 Å². The van der Waals surface area contributed by atoms with Crippen molar-refractivity contribution < 1.29 is 17.2 Å². The van der Waals surface area contributed by atoms with Crippen molar-refractivity contribution in [1.29, 1.82) is 0 Å². The fourth-order valence-electron chi connectivity index (χ4n) is 3.34. The predicted octanol–water partition coefficient (Wildman–Crippen LogP) is 3.80. The van der Waals surface area contributed by atoms with Gasteiger partial charge in [0.25, 0.3) is 10.0 Å². The van der Waals surface area contributed by atoms with Gasteiger partial charge in [0, 0.05) is 12.6 Å². The Hall–Kier alpha value is -1.53. The summed E-state index contributed by atoms with van der Waals surface area (Å²) in [6.45, 7) is 3.58. The third-order valence-electron chi connectivity index (χ3n) is 4.94. The van der Waals surface area contributed by atoms with Crippen LogP contribution < -0.4 is 20.7 Å². The zero-order valence-electron chi connectivity index (χ0n) is 16.9. The maximum absolute atomic E-state index is 14.5. The van der Waals surface area contributed by atoms with Crippen molar-refractivity contribution in [3.05, 3.63) is 34.3 Å². The molecule has 1 fully saturated rings. The molecule has 2 heterocycles. The summed E-state index contributed by atoms with van der Waals surface area (Å²) in [7, 11) is -4.28. The Kier molecular flexibility index (Phi) is 8.85. The molecular formula is C19H26ClF2N5O2S2. The summed E-state index contributed by atoms with van der Waals surface area (Å²) >= 11 is 6.65. The van der Waals surface area contributed by atoms with Crippen LogP contribution in [0.15, 0.2) is 23.2 Å². The minimum atomic E-state index is -4.28. The SMILES string of the molecule is O=S(=O)(Nc1ncc(F)s1)c1cc(Cl)c(NCCCCNCC[C@@H]2CCCN2)cc1F. The van der Waals surface area contributed by atoms with Gasteiger partial charge >= 0.3 is 0 Å². The van der Waals surface area contributed by atoms with E-state index < -0.39 is 25.9 Å². The molecule has 4 N–H and O–H groups in total. The molecule has 0 amide bonds. The van der Waals surface area contributed by atoms with Crippen LogP contribution in [0.2, 0.25) is 5.02 Å². The first-order valence-electron chi connectivity index (χ1n) is 10.2. The molecule has 1 saturated heterocycles. The molecule has 0 saturated carbocycles. The largest absolute Gasteiger partial charge is 0.384 e. The van der Waals surface area contributed by atoms with Crippen LogP contribution in [-0.2, 0) is 10.0 Å². The molecule has 0 bridgehead atoms. The molecule has 0 spiro atoms. The summed E-state index contributed by atoms with van der Waals surface area (Å²) in [5, 5.41) is 9.16. The monoisotopic (exact) mass is 493 g/mol. The first-order valence-corrected chi connectivity index (χ1v) is 12.8. The smallest absolute Gasteiger partial charge is 0.266 e. The van der Waals surface area contributed by atoms with E-state index in [2.05, 4.69) is 20.9 Å². The van der Waals surface area contributed by atoms with Crippen LogP contribution in [0.1, 0.15) is 32.1 Å². The molecule has 1 atom stereocenters. The molecule has 31 heavy (non-hydrogen) atoms. The predicted molar refractivity (Wildman–Crippen MR) is 121 cm³/mol. The molecule has 1 aliphatic rings. The van der Waals surface area contributed by atoms with Crippen LogP contribution in [0.3, 0.4) is 0 Å². The number of anilines is 2. The molecule has 3 rings (SSSR count). The Balaban J connectivity index is 1.43. The number of nitrogens with one attached hydrogen (secondary N) is 4. The van der Waals surface area contributed by atoms with Gasteiger partial charge in [-0.05, 0) is 63.9 Å². The highest BCUT2D eigenvalue weighted by molar-refractivity contribution is 7.93. The third-order valence-corrected chi connectivity index (χ3v) is 7.44. The number of unbranched alkanes of at least 4 members (excludes halogenated alkanes) is 1. The topological polar surface area (TPSA) is 95.2 Å². The third kappa shape index (κ3) is 7.25. The lowest BCUT2D eigenvalue weighted by atomic mass is 10.1. The van der Waals surface area contributed by atoms with Gasteiger partial charge in [0.05, 0.1) is 16.9 Å². The lowest BCUT2D eigenvalue weighted by Crippen LogP contribution is -2.27. The highest BCUT2D eigenvalue weighted by Crippen LogP contribution is 2.30. The molecule has 0 radical (unpaired) electrons. The van der Waals surface area contributed by atoms with E-state index in [0.29, 0.717) is 29.6 Å². The van der Waals surface area contributed by atoms with Crippen LogP contribution in [0.25, 0.3) is 0 Å². The Morgan fingerprint density at radius 2 is 2.03 bits per heavy atom. The van der Waals surface area contributed by atoms with Crippen molar-refractivity contribution in [2.24, 2.45) is 0 Å². The van der Waals surface area contributed by atoms with Gasteiger partial charge in [-0.15, -0.1) is 0 Å². The van der Waals surface area contributed by atoms with E-state index >= 15 is 0 Å². The number of halogens is 3. The second kappa shape index (κ2) is 11.4. The fourth-order valence-corrected chi connectivity index (χ4v) is 5.51. The lowest BCUT2D eigenvalue weighted by molar-refractivity contribution is 0.517. The van der Waals surface area contributed by atoms with Crippen LogP contribution in [0.5, 0.6) is 0 Å². The normalized spacial score (nSPS) is 16.5. The van der Waals surface area contributed by atoms with Crippen LogP contribution in [-0.4, -0.2) is 45.6 Å². The number of aromatic nitrogens is 1. The highest BCUT2D eigenvalue weighted by Gasteiger charge is 2.23. The van der Waals surface area contributed by atoms with Gasteiger partial charge in [-0.3, -0.25) is 4.72 Å². The molecule has 1 aromatic carbocycles.